The van der Waals surface area contributed by atoms with E-state index in [2.05, 4.69) is 5.32 Å². The van der Waals surface area contributed by atoms with Gasteiger partial charge in [-0.1, -0.05) is 0 Å². The van der Waals surface area contributed by atoms with E-state index in [0.717, 1.165) is 0 Å². The SMILES string of the molecule is N#CC(C#N)=C(C#N)Nc1cc(O)ccc1O. The number of benzene rings is 1. The van der Waals surface area contributed by atoms with Crippen LogP contribution in [-0.4, -0.2) is 10.2 Å². The van der Waals surface area contributed by atoms with Crippen molar-refractivity contribution in [1.29, 1.82) is 15.8 Å². The lowest BCUT2D eigenvalue weighted by molar-refractivity contribution is 0.462. The van der Waals surface area contributed by atoms with E-state index in [9.17, 15) is 10.2 Å². The van der Waals surface area contributed by atoms with Crippen molar-refractivity contribution in [2.24, 2.45) is 0 Å². The highest BCUT2D eigenvalue weighted by atomic mass is 16.3. The largest absolute Gasteiger partial charge is 0.508 e. The standard InChI is InChI=1S/C11H6N4O2/c12-4-7(5-13)10(6-14)15-9-3-8(16)1-2-11(9)17/h1-3,15-17H. The van der Waals surface area contributed by atoms with E-state index in [1.807, 2.05) is 0 Å². The van der Waals surface area contributed by atoms with Gasteiger partial charge < -0.3 is 15.5 Å². The van der Waals surface area contributed by atoms with Crippen molar-refractivity contribution in [1.82, 2.24) is 0 Å². The first kappa shape index (κ1) is 11.9. The minimum atomic E-state index is -0.407. The maximum absolute atomic E-state index is 9.44. The van der Waals surface area contributed by atoms with Gasteiger partial charge in [-0.25, -0.2) is 0 Å². The molecule has 0 radical (unpaired) electrons. The molecule has 0 saturated heterocycles. The molecule has 0 aliphatic heterocycles. The topological polar surface area (TPSA) is 124 Å². The van der Waals surface area contributed by atoms with E-state index < -0.39 is 5.57 Å². The van der Waals surface area contributed by atoms with Gasteiger partial charge in [0.05, 0.1) is 5.69 Å². The Kier molecular flexibility index (Phi) is 3.55. The fourth-order valence-electron chi connectivity index (χ4n) is 1.04. The molecule has 0 atom stereocenters. The van der Waals surface area contributed by atoms with Crippen molar-refractivity contribution in [3.05, 3.63) is 29.5 Å². The molecule has 82 valence electrons. The molecule has 17 heavy (non-hydrogen) atoms. The van der Waals surface area contributed by atoms with Gasteiger partial charge in [-0.15, -0.1) is 0 Å². The van der Waals surface area contributed by atoms with E-state index >= 15 is 0 Å². The van der Waals surface area contributed by atoms with Gasteiger partial charge >= 0.3 is 0 Å². The summed E-state index contributed by atoms with van der Waals surface area (Å²) in [4.78, 5) is 0. The van der Waals surface area contributed by atoms with Crippen molar-refractivity contribution < 1.29 is 10.2 Å². The van der Waals surface area contributed by atoms with Crippen LogP contribution in [0.25, 0.3) is 0 Å². The zero-order chi connectivity index (χ0) is 12.8. The molecule has 1 aromatic rings. The summed E-state index contributed by atoms with van der Waals surface area (Å²) in [6.07, 6.45) is 0. The highest BCUT2D eigenvalue weighted by molar-refractivity contribution is 5.65. The summed E-state index contributed by atoms with van der Waals surface area (Å²) in [5, 5.41) is 47.0. The average Bonchev–Trinajstić information content (AvgIpc) is 2.33. The van der Waals surface area contributed by atoms with Gasteiger partial charge in [0.1, 0.15) is 35.4 Å². The van der Waals surface area contributed by atoms with E-state index in [1.165, 1.54) is 18.2 Å². The predicted molar refractivity (Wildman–Crippen MR) is 57.3 cm³/mol. The van der Waals surface area contributed by atoms with Crippen LogP contribution in [0.15, 0.2) is 29.5 Å². The third-order valence-electron chi connectivity index (χ3n) is 1.83. The summed E-state index contributed by atoms with van der Waals surface area (Å²) in [6.45, 7) is 0. The van der Waals surface area contributed by atoms with Crippen molar-refractivity contribution in [2.45, 2.75) is 0 Å². The minimum Gasteiger partial charge on any atom is -0.508 e. The summed E-state index contributed by atoms with van der Waals surface area (Å²) >= 11 is 0. The minimum absolute atomic E-state index is 0.0320. The molecule has 0 unspecified atom stereocenters. The van der Waals surface area contributed by atoms with Crippen LogP contribution in [0.2, 0.25) is 0 Å². The molecule has 0 bridgehead atoms. The third kappa shape index (κ3) is 2.65. The maximum Gasteiger partial charge on any atom is 0.163 e. The number of phenolic OH excluding ortho intramolecular Hbond substituents is 2. The lowest BCUT2D eigenvalue weighted by atomic mass is 10.2. The number of hydrogen-bond donors (Lipinski definition) is 3. The molecule has 0 spiro atoms. The molecule has 6 nitrogen and oxygen atoms in total. The fourth-order valence-corrected chi connectivity index (χ4v) is 1.04. The highest BCUT2D eigenvalue weighted by Crippen LogP contribution is 2.28. The molecule has 0 aromatic heterocycles. The molecule has 3 N–H and O–H groups in total. The van der Waals surface area contributed by atoms with E-state index in [-0.39, 0.29) is 22.9 Å². The van der Waals surface area contributed by atoms with Crippen LogP contribution in [-0.2, 0) is 0 Å². The Bertz CT molecular complexity index is 583. The number of nitriles is 3. The summed E-state index contributed by atoms with van der Waals surface area (Å²) < 4.78 is 0. The molecule has 1 rings (SSSR count). The van der Waals surface area contributed by atoms with Crippen LogP contribution in [0.5, 0.6) is 11.5 Å². The van der Waals surface area contributed by atoms with Crippen LogP contribution in [0.4, 0.5) is 5.69 Å². The number of anilines is 1. The molecule has 0 amide bonds. The Hall–Kier alpha value is -3.17. The molecule has 0 heterocycles. The van der Waals surface area contributed by atoms with E-state index in [0.29, 0.717) is 0 Å². The van der Waals surface area contributed by atoms with Crippen molar-refractivity contribution in [3.8, 4) is 29.7 Å². The van der Waals surface area contributed by atoms with Crippen LogP contribution in [0.3, 0.4) is 0 Å². The first-order valence-corrected chi connectivity index (χ1v) is 4.36. The maximum atomic E-state index is 9.44. The Morgan fingerprint density at radius 2 is 1.71 bits per heavy atom. The molecule has 1 aromatic carbocycles. The van der Waals surface area contributed by atoms with E-state index in [4.69, 9.17) is 15.8 Å². The molecular formula is C11H6N4O2. The second-order valence-corrected chi connectivity index (χ2v) is 2.91. The summed E-state index contributed by atoms with van der Waals surface area (Å²) in [5.41, 5.74) is -0.671. The quantitative estimate of drug-likeness (QED) is 0.397. The zero-order valence-electron chi connectivity index (χ0n) is 8.47. The lowest BCUT2D eigenvalue weighted by Gasteiger charge is -2.07. The Morgan fingerprint density at radius 3 is 2.24 bits per heavy atom. The first-order valence-electron chi connectivity index (χ1n) is 4.36. The summed E-state index contributed by atoms with van der Waals surface area (Å²) in [5.74, 6) is -0.344. The number of nitrogens with zero attached hydrogens (tertiary/aromatic N) is 3. The van der Waals surface area contributed by atoms with Gasteiger partial charge in [0.25, 0.3) is 0 Å². The monoisotopic (exact) mass is 226 g/mol. The highest BCUT2D eigenvalue weighted by Gasteiger charge is 2.09. The van der Waals surface area contributed by atoms with Crippen LogP contribution >= 0.6 is 0 Å². The summed E-state index contributed by atoms with van der Waals surface area (Å²) in [7, 11) is 0. The second kappa shape index (κ2) is 5.06. The molecule has 6 heteroatoms. The molecule has 0 aliphatic rings. The van der Waals surface area contributed by atoms with E-state index in [1.54, 1.807) is 18.2 Å². The van der Waals surface area contributed by atoms with Crippen LogP contribution in [0.1, 0.15) is 0 Å². The zero-order valence-corrected chi connectivity index (χ0v) is 8.47. The van der Waals surface area contributed by atoms with Gasteiger partial charge in [0, 0.05) is 6.07 Å². The molecular weight excluding hydrogens is 220 g/mol. The first-order chi connectivity index (χ1) is 8.12. The number of aromatic hydroxyl groups is 2. The van der Waals surface area contributed by atoms with Gasteiger partial charge in [0.2, 0.25) is 0 Å². The number of hydrogen-bond acceptors (Lipinski definition) is 6. The Balaban J connectivity index is 3.20. The third-order valence-corrected chi connectivity index (χ3v) is 1.83. The van der Waals surface area contributed by atoms with Crippen LogP contribution in [0, 0.1) is 34.0 Å². The fraction of sp³-hybridized carbons (Fsp3) is 0. The van der Waals surface area contributed by atoms with Crippen molar-refractivity contribution in [3.63, 3.8) is 0 Å². The van der Waals surface area contributed by atoms with Gasteiger partial charge in [-0.05, 0) is 12.1 Å². The number of allylic oxidation sites excluding steroid dienone is 2. The number of nitrogens with one attached hydrogen (secondary N) is 1. The molecule has 0 aliphatic carbocycles. The van der Waals surface area contributed by atoms with Gasteiger partial charge in [-0.2, -0.15) is 15.8 Å². The number of rotatable bonds is 2. The molecule has 0 fully saturated rings. The Morgan fingerprint density at radius 1 is 1.06 bits per heavy atom. The van der Waals surface area contributed by atoms with Crippen LogP contribution < -0.4 is 5.32 Å². The summed E-state index contributed by atoms with van der Waals surface area (Å²) in [6, 6.07) is 8.36. The smallest absolute Gasteiger partial charge is 0.163 e. The molecule has 0 saturated carbocycles. The normalized spacial score (nSPS) is 8.29. The predicted octanol–water partition coefficient (Wildman–Crippen LogP) is 1.33. The Labute approximate surface area is 96.9 Å². The number of phenols is 2. The lowest BCUT2D eigenvalue weighted by Crippen LogP contribution is -2.00. The van der Waals surface area contributed by atoms with Gasteiger partial charge in [0.15, 0.2) is 5.57 Å². The van der Waals surface area contributed by atoms with Gasteiger partial charge in [-0.3, -0.25) is 0 Å². The second-order valence-electron chi connectivity index (χ2n) is 2.91. The average molecular weight is 226 g/mol. The van der Waals surface area contributed by atoms with Crippen molar-refractivity contribution >= 4 is 5.69 Å². The van der Waals surface area contributed by atoms with Crippen molar-refractivity contribution in [2.75, 3.05) is 5.32 Å².